The molecule has 0 saturated carbocycles. The Bertz CT molecular complexity index is 242. The van der Waals surface area contributed by atoms with Gasteiger partial charge in [0.25, 0.3) is 0 Å². The molecule has 1 saturated heterocycles. The molecule has 1 rings (SSSR count). The summed E-state index contributed by atoms with van der Waals surface area (Å²) in [5, 5.41) is 3.30. The lowest BCUT2D eigenvalue weighted by Gasteiger charge is -2.36. The first-order chi connectivity index (χ1) is 7.29. The Labute approximate surface area is 98.3 Å². The maximum Gasteiger partial charge on any atom is 0.410 e. The number of nitrogens with zero attached hydrogens (tertiary/aromatic N) is 1. The lowest BCUT2D eigenvalue weighted by atomic mass is 10.1. The van der Waals surface area contributed by atoms with Crippen molar-refractivity contribution in [3.05, 3.63) is 0 Å². The number of hydrogen-bond acceptors (Lipinski definition) is 3. The fraction of sp³-hybridized carbons (Fsp3) is 0.917. The Morgan fingerprint density at radius 2 is 2.06 bits per heavy atom. The van der Waals surface area contributed by atoms with Gasteiger partial charge in [-0.3, -0.25) is 0 Å². The highest BCUT2D eigenvalue weighted by molar-refractivity contribution is 5.68. The number of nitrogens with one attached hydrogen (secondary N) is 1. The molecule has 0 aromatic heterocycles. The molecular weight excluding hydrogens is 204 g/mol. The minimum Gasteiger partial charge on any atom is -0.444 e. The Morgan fingerprint density at radius 3 is 2.38 bits per heavy atom. The minimum absolute atomic E-state index is 0.178. The van der Waals surface area contributed by atoms with Crippen molar-refractivity contribution in [1.82, 2.24) is 10.2 Å². The van der Waals surface area contributed by atoms with Crippen LogP contribution in [-0.2, 0) is 4.74 Å². The smallest absolute Gasteiger partial charge is 0.410 e. The normalized spacial score (nSPS) is 20.5. The summed E-state index contributed by atoms with van der Waals surface area (Å²) in [7, 11) is 0. The van der Waals surface area contributed by atoms with E-state index in [9.17, 15) is 4.79 Å². The van der Waals surface area contributed by atoms with Crippen molar-refractivity contribution in [2.45, 2.75) is 58.7 Å². The fourth-order valence-corrected chi connectivity index (χ4v) is 1.56. The Balaban J connectivity index is 2.51. The second-order valence-electron chi connectivity index (χ2n) is 5.67. The van der Waals surface area contributed by atoms with Crippen LogP contribution >= 0.6 is 0 Å². The van der Waals surface area contributed by atoms with Crippen LogP contribution in [0.25, 0.3) is 0 Å². The maximum atomic E-state index is 12.0. The van der Waals surface area contributed by atoms with Crippen LogP contribution < -0.4 is 5.32 Å². The Hall–Kier alpha value is -0.770. The van der Waals surface area contributed by atoms with Crippen LogP contribution in [0, 0.1) is 0 Å². The van der Waals surface area contributed by atoms with E-state index in [0.29, 0.717) is 6.04 Å². The van der Waals surface area contributed by atoms with Crippen molar-refractivity contribution < 1.29 is 9.53 Å². The largest absolute Gasteiger partial charge is 0.444 e. The summed E-state index contributed by atoms with van der Waals surface area (Å²) >= 11 is 0. The molecule has 4 nitrogen and oxygen atoms in total. The highest BCUT2D eigenvalue weighted by Crippen LogP contribution is 2.14. The molecule has 0 aliphatic carbocycles. The number of hydrogen-bond donors (Lipinski definition) is 1. The molecular formula is C12H24N2O2. The van der Waals surface area contributed by atoms with Crippen LogP contribution in [-0.4, -0.2) is 41.8 Å². The van der Waals surface area contributed by atoms with E-state index in [1.165, 1.54) is 0 Å². The van der Waals surface area contributed by atoms with E-state index in [-0.39, 0.29) is 12.1 Å². The van der Waals surface area contributed by atoms with Crippen molar-refractivity contribution in [2.75, 3.05) is 13.1 Å². The molecule has 1 fully saturated rings. The first kappa shape index (κ1) is 13.3. The minimum atomic E-state index is -0.419. The van der Waals surface area contributed by atoms with Crippen molar-refractivity contribution in [2.24, 2.45) is 0 Å². The van der Waals surface area contributed by atoms with Crippen LogP contribution in [0.1, 0.15) is 41.0 Å². The van der Waals surface area contributed by atoms with E-state index in [2.05, 4.69) is 5.32 Å². The molecule has 1 aliphatic rings. The molecule has 0 aromatic carbocycles. The van der Waals surface area contributed by atoms with Gasteiger partial charge in [0.2, 0.25) is 0 Å². The average molecular weight is 228 g/mol. The van der Waals surface area contributed by atoms with Gasteiger partial charge < -0.3 is 15.0 Å². The van der Waals surface area contributed by atoms with Crippen molar-refractivity contribution in [1.29, 1.82) is 0 Å². The zero-order valence-electron chi connectivity index (χ0n) is 11.0. The van der Waals surface area contributed by atoms with Crippen LogP contribution in [0.15, 0.2) is 0 Å². The molecule has 94 valence electrons. The zero-order chi connectivity index (χ0) is 12.3. The molecule has 0 radical (unpaired) electrons. The number of rotatable bonds is 3. The second-order valence-corrected chi connectivity index (χ2v) is 5.67. The van der Waals surface area contributed by atoms with Gasteiger partial charge in [-0.25, -0.2) is 4.79 Å². The quantitative estimate of drug-likeness (QED) is 0.803. The standard InChI is InChI=1S/C12H24N2O2/c1-9(2)14(8-10-6-7-13-10)11(15)16-12(3,4)5/h9-10,13H,6-8H2,1-5H3. The van der Waals surface area contributed by atoms with E-state index in [1.54, 1.807) is 4.90 Å². The molecule has 1 N–H and O–H groups in total. The predicted octanol–water partition coefficient (Wildman–Crippen LogP) is 1.99. The summed E-state index contributed by atoms with van der Waals surface area (Å²) < 4.78 is 5.39. The Kier molecular flexibility index (Phi) is 4.19. The van der Waals surface area contributed by atoms with Gasteiger partial charge in [0.05, 0.1) is 0 Å². The van der Waals surface area contributed by atoms with Gasteiger partial charge in [-0.05, 0) is 47.6 Å². The monoisotopic (exact) mass is 228 g/mol. The first-order valence-electron chi connectivity index (χ1n) is 6.02. The topological polar surface area (TPSA) is 41.6 Å². The summed E-state index contributed by atoms with van der Waals surface area (Å²) in [5.41, 5.74) is -0.419. The van der Waals surface area contributed by atoms with Crippen LogP contribution in [0.2, 0.25) is 0 Å². The van der Waals surface area contributed by atoms with Gasteiger partial charge in [0.1, 0.15) is 5.60 Å². The third-order valence-electron chi connectivity index (χ3n) is 2.59. The van der Waals surface area contributed by atoms with Crippen molar-refractivity contribution in [3.63, 3.8) is 0 Å². The maximum absolute atomic E-state index is 12.0. The summed E-state index contributed by atoms with van der Waals surface area (Å²) in [6.45, 7) is 11.5. The van der Waals surface area contributed by atoms with Gasteiger partial charge in [0, 0.05) is 18.6 Å². The van der Waals surface area contributed by atoms with Gasteiger partial charge in [-0.2, -0.15) is 0 Å². The summed E-state index contributed by atoms with van der Waals surface area (Å²) in [6.07, 6.45) is 0.933. The van der Waals surface area contributed by atoms with Gasteiger partial charge in [0.15, 0.2) is 0 Å². The number of carbonyl (C=O) groups is 1. The zero-order valence-corrected chi connectivity index (χ0v) is 11.0. The molecule has 0 bridgehead atoms. The van der Waals surface area contributed by atoms with E-state index in [0.717, 1.165) is 19.5 Å². The van der Waals surface area contributed by atoms with E-state index >= 15 is 0 Å². The van der Waals surface area contributed by atoms with E-state index in [4.69, 9.17) is 4.74 Å². The number of ether oxygens (including phenoxy) is 1. The number of amides is 1. The summed E-state index contributed by atoms with van der Waals surface area (Å²) in [5.74, 6) is 0. The van der Waals surface area contributed by atoms with Crippen LogP contribution in [0.5, 0.6) is 0 Å². The molecule has 16 heavy (non-hydrogen) atoms. The van der Waals surface area contributed by atoms with E-state index < -0.39 is 5.60 Å². The van der Waals surface area contributed by atoms with Crippen molar-refractivity contribution >= 4 is 6.09 Å². The molecule has 1 atom stereocenters. The summed E-state index contributed by atoms with van der Waals surface area (Å²) in [6, 6.07) is 0.618. The number of carbonyl (C=O) groups excluding carboxylic acids is 1. The molecule has 1 amide bonds. The lowest BCUT2D eigenvalue weighted by Crippen LogP contribution is -2.53. The Morgan fingerprint density at radius 1 is 1.50 bits per heavy atom. The van der Waals surface area contributed by atoms with Gasteiger partial charge >= 0.3 is 6.09 Å². The second kappa shape index (κ2) is 5.04. The highest BCUT2D eigenvalue weighted by Gasteiger charge is 2.28. The molecule has 1 aliphatic heterocycles. The highest BCUT2D eigenvalue weighted by atomic mass is 16.6. The third-order valence-corrected chi connectivity index (χ3v) is 2.59. The molecule has 1 heterocycles. The van der Waals surface area contributed by atoms with Crippen molar-refractivity contribution in [3.8, 4) is 0 Å². The van der Waals surface area contributed by atoms with E-state index in [1.807, 2.05) is 34.6 Å². The lowest BCUT2D eigenvalue weighted by molar-refractivity contribution is 0.0152. The first-order valence-corrected chi connectivity index (χ1v) is 6.02. The third kappa shape index (κ3) is 4.00. The molecule has 1 unspecified atom stereocenters. The molecule has 0 spiro atoms. The van der Waals surface area contributed by atoms with Crippen LogP contribution in [0.4, 0.5) is 4.79 Å². The van der Waals surface area contributed by atoms with Gasteiger partial charge in [-0.1, -0.05) is 0 Å². The summed E-state index contributed by atoms with van der Waals surface area (Å²) in [4.78, 5) is 13.7. The van der Waals surface area contributed by atoms with Crippen LogP contribution in [0.3, 0.4) is 0 Å². The van der Waals surface area contributed by atoms with Gasteiger partial charge in [-0.15, -0.1) is 0 Å². The SMILES string of the molecule is CC(C)N(CC1CCN1)C(=O)OC(C)(C)C. The fourth-order valence-electron chi connectivity index (χ4n) is 1.56. The average Bonchev–Trinajstić information content (AvgIpc) is 1.96. The molecule has 0 aromatic rings. The molecule has 4 heteroatoms. The predicted molar refractivity (Wildman–Crippen MR) is 64.5 cm³/mol.